The lowest BCUT2D eigenvalue weighted by molar-refractivity contribution is 0.392. The molecule has 1 aromatic heterocycles. The number of aryl methyl sites for hydroxylation is 2. The van der Waals surface area contributed by atoms with E-state index >= 15 is 0 Å². The molecule has 0 saturated heterocycles. The summed E-state index contributed by atoms with van der Waals surface area (Å²) >= 11 is 0. The summed E-state index contributed by atoms with van der Waals surface area (Å²) < 4.78 is 12.6. The van der Waals surface area contributed by atoms with Gasteiger partial charge in [0.2, 0.25) is 0 Å². The molecule has 21 heavy (non-hydrogen) atoms. The summed E-state index contributed by atoms with van der Waals surface area (Å²) in [5, 5.41) is 7.95. The van der Waals surface area contributed by atoms with Crippen LogP contribution in [0.2, 0.25) is 0 Å². The summed E-state index contributed by atoms with van der Waals surface area (Å²) in [5.74, 6) is 1.57. The van der Waals surface area contributed by atoms with Crippen LogP contribution in [0.5, 0.6) is 11.5 Å². The quantitative estimate of drug-likeness (QED) is 0.887. The Labute approximate surface area is 125 Å². The Hall–Kier alpha value is -2.01. The van der Waals surface area contributed by atoms with Gasteiger partial charge in [0.05, 0.1) is 26.0 Å². The molecule has 2 rings (SSSR count). The summed E-state index contributed by atoms with van der Waals surface area (Å²) in [4.78, 5) is 0. The van der Waals surface area contributed by atoms with Crippen molar-refractivity contribution in [2.45, 2.75) is 19.9 Å². The summed E-state index contributed by atoms with van der Waals surface area (Å²) in [5.41, 5.74) is 3.28. The first-order valence-corrected chi connectivity index (χ1v) is 7.05. The summed E-state index contributed by atoms with van der Waals surface area (Å²) in [6, 6.07) is 6.00. The number of aromatic nitrogens is 2. The molecule has 1 N–H and O–H groups in total. The summed E-state index contributed by atoms with van der Waals surface area (Å²) in [7, 11) is 5.26. The maximum Gasteiger partial charge on any atom is 0.122 e. The van der Waals surface area contributed by atoms with Gasteiger partial charge in [-0.05, 0) is 31.2 Å². The summed E-state index contributed by atoms with van der Waals surface area (Å²) in [6.45, 7) is 4.98. The van der Waals surface area contributed by atoms with Crippen molar-refractivity contribution in [2.24, 2.45) is 7.05 Å². The standard InChI is InChI=1S/C16H23N3O2/c1-6-17-16(15-10-19(3)18-11(15)2)12-7-13(20-4)9-14(8-12)21-5/h7-10,16-17H,6H2,1-5H3. The van der Waals surface area contributed by atoms with Crippen LogP contribution in [0.15, 0.2) is 24.4 Å². The second-order valence-corrected chi connectivity index (χ2v) is 4.98. The highest BCUT2D eigenvalue weighted by Gasteiger charge is 2.19. The van der Waals surface area contributed by atoms with Gasteiger partial charge in [0.1, 0.15) is 11.5 Å². The normalized spacial score (nSPS) is 12.2. The number of nitrogens with zero attached hydrogens (tertiary/aromatic N) is 2. The highest BCUT2D eigenvalue weighted by molar-refractivity contribution is 5.43. The van der Waals surface area contributed by atoms with Crippen molar-refractivity contribution in [2.75, 3.05) is 20.8 Å². The van der Waals surface area contributed by atoms with E-state index in [2.05, 4.69) is 23.5 Å². The van der Waals surface area contributed by atoms with Crippen molar-refractivity contribution >= 4 is 0 Å². The molecule has 0 spiro atoms. The van der Waals surface area contributed by atoms with Gasteiger partial charge in [-0.3, -0.25) is 4.68 Å². The number of ether oxygens (including phenoxy) is 2. The molecular formula is C16H23N3O2. The molecule has 5 nitrogen and oxygen atoms in total. The van der Waals surface area contributed by atoms with Crippen molar-refractivity contribution in [3.63, 3.8) is 0 Å². The number of methoxy groups -OCH3 is 2. The van der Waals surface area contributed by atoms with Crippen molar-refractivity contribution < 1.29 is 9.47 Å². The van der Waals surface area contributed by atoms with Gasteiger partial charge in [-0.25, -0.2) is 0 Å². The molecule has 5 heteroatoms. The Bertz CT molecular complexity index is 585. The van der Waals surface area contributed by atoms with Gasteiger partial charge in [0.15, 0.2) is 0 Å². The smallest absolute Gasteiger partial charge is 0.122 e. The van der Waals surface area contributed by atoms with Gasteiger partial charge in [-0.15, -0.1) is 0 Å². The average Bonchev–Trinajstić information content (AvgIpc) is 2.82. The number of hydrogen-bond donors (Lipinski definition) is 1. The first-order chi connectivity index (χ1) is 10.1. The Balaban J connectivity index is 2.49. The van der Waals surface area contributed by atoms with E-state index in [4.69, 9.17) is 9.47 Å². The third-order valence-corrected chi connectivity index (χ3v) is 3.48. The van der Waals surface area contributed by atoms with E-state index in [0.29, 0.717) is 0 Å². The topological polar surface area (TPSA) is 48.3 Å². The van der Waals surface area contributed by atoms with Gasteiger partial charge < -0.3 is 14.8 Å². The predicted octanol–water partition coefficient (Wildman–Crippen LogP) is 2.44. The first-order valence-electron chi connectivity index (χ1n) is 7.05. The number of hydrogen-bond acceptors (Lipinski definition) is 4. The molecule has 2 aromatic rings. The fourth-order valence-corrected chi connectivity index (χ4v) is 2.51. The zero-order chi connectivity index (χ0) is 15.4. The van der Waals surface area contributed by atoms with Crippen molar-refractivity contribution in [1.29, 1.82) is 0 Å². The SMILES string of the molecule is CCNC(c1cc(OC)cc(OC)c1)c1cn(C)nc1C. The van der Waals surface area contributed by atoms with Crippen LogP contribution in [0.25, 0.3) is 0 Å². The molecular weight excluding hydrogens is 266 g/mol. The van der Waals surface area contributed by atoms with Crippen LogP contribution in [0, 0.1) is 6.92 Å². The monoisotopic (exact) mass is 289 g/mol. The van der Waals surface area contributed by atoms with Crippen LogP contribution in [-0.4, -0.2) is 30.5 Å². The number of nitrogens with one attached hydrogen (secondary N) is 1. The van der Waals surface area contributed by atoms with Gasteiger partial charge in [-0.1, -0.05) is 6.92 Å². The molecule has 0 aliphatic carbocycles. The van der Waals surface area contributed by atoms with Crippen molar-refractivity contribution in [3.8, 4) is 11.5 Å². The molecule has 0 saturated carbocycles. The molecule has 0 amide bonds. The number of benzene rings is 1. The second kappa shape index (κ2) is 6.63. The summed E-state index contributed by atoms with van der Waals surface area (Å²) in [6.07, 6.45) is 2.05. The maximum atomic E-state index is 5.37. The Kier molecular flexibility index (Phi) is 4.85. The van der Waals surface area contributed by atoms with Crippen molar-refractivity contribution in [1.82, 2.24) is 15.1 Å². The highest BCUT2D eigenvalue weighted by atomic mass is 16.5. The molecule has 0 aliphatic heterocycles. The Morgan fingerprint density at radius 2 is 1.81 bits per heavy atom. The molecule has 114 valence electrons. The van der Waals surface area contributed by atoms with Crippen LogP contribution in [0.4, 0.5) is 0 Å². The van der Waals surface area contributed by atoms with Gasteiger partial charge in [-0.2, -0.15) is 5.10 Å². The molecule has 1 heterocycles. The molecule has 1 aromatic carbocycles. The van der Waals surface area contributed by atoms with E-state index in [1.54, 1.807) is 14.2 Å². The zero-order valence-electron chi connectivity index (χ0n) is 13.3. The van der Waals surface area contributed by atoms with E-state index in [1.165, 1.54) is 0 Å². The third-order valence-electron chi connectivity index (χ3n) is 3.48. The van der Waals surface area contributed by atoms with E-state index in [9.17, 15) is 0 Å². The first kappa shape index (κ1) is 15.4. The zero-order valence-corrected chi connectivity index (χ0v) is 13.3. The largest absolute Gasteiger partial charge is 0.497 e. The number of rotatable bonds is 6. The van der Waals surface area contributed by atoms with E-state index in [0.717, 1.165) is 34.9 Å². The molecule has 1 atom stereocenters. The predicted molar refractivity (Wildman–Crippen MR) is 83.0 cm³/mol. The van der Waals surface area contributed by atoms with Gasteiger partial charge in [0, 0.05) is 24.9 Å². The lowest BCUT2D eigenvalue weighted by Crippen LogP contribution is -2.22. The minimum absolute atomic E-state index is 0.0627. The minimum Gasteiger partial charge on any atom is -0.497 e. The van der Waals surface area contributed by atoms with Crippen LogP contribution in [-0.2, 0) is 7.05 Å². The van der Waals surface area contributed by atoms with Crippen LogP contribution in [0.1, 0.15) is 29.8 Å². The highest BCUT2D eigenvalue weighted by Crippen LogP contribution is 2.31. The maximum absolute atomic E-state index is 5.37. The van der Waals surface area contributed by atoms with Crippen LogP contribution in [0.3, 0.4) is 0 Å². The van der Waals surface area contributed by atoms with Gasteiger partial charge in [0.25, 0.3) is 0 Å². The molecule has 0 radical (unpaired) electrons. The fraction of sp³-hybridized carbons (Fsp3) is 0.438. The molecule has 0 aliphatic rings. The second-order valence-electron chi connectivity index (χ2n) is 4.98. The molecule has 1 unspecified atom stereocenters. The fourth-order valence-electron chi connectivity index (χ4n) is 2.51. The van der Waals surface area contributed by atoms with Gasteiger partial charge >= 0.3 is 0 Å². The average molecular weight is 289 g/mol. The van der Waals surface area contributed by atoms with E-state index in [-0.39, 0.29) is 6.04 Å². The minimum atomic E-state index is 0.0627. The van der Waals surface area contributed by atoms with Crippen LogP contribution < -0.4 is 14.8 Å². The third kappa shape index (κ3) is 3.36. The van der Waals surface area contributed by atoms with Crippen LogP contribution >= 0.6 is 0 Å². The van der Waals surface area contributed by atoms with E-state index < -0.39 is 0 Å². The Morgan fingerprint density at radius 1 is 1.19 bits per heavy atom. The Morgan fingerprint density at radius 3 is 2.24 bits per heavy atom. The lowest BCUT2D eigenvalue weighted by Gasteiger charge is -2.19. The molecule has 0 fully saturated rings. The lowest BCUT2D eigenvalue weighted by atomic mass is 9.98. The van der Waals surface area contributed by atoms with Crippen molar-refractivity contribution in [3.05, 3.63) is 41.2 Å². The molecule has 0 bridgehead atoms. The van der Waals surface area contributed by atoms with E-state index in [1.807, 2.05) is 36.9 Å².